The average molecular weight is 319 g/mol. The Kier molecular flexibility index (Phi) is 4.92. The number of nitrogens with one attached hydrogen (secondary N) is 1. The van der Waals surface area contributed by atoms with Crippen LogP contribution in [0.25, 0.3) is 0 Å². The van der Waals surface area contributed by atoms with Gasteiger partial charge in [0.05, 0.1) is 11.4 Å². The molecule has 0 fully saturated rings. The summed E-state index contributed by atoms with van der Waals surface area (Å²) in [4.78, 5) is 12.0. The molecule has 2 aromatic rings. The molecule has 0 amide bonds. The molecule has 0 bridgehead atoms. The van der Waals surface area contributed by atoms with Crippen molar-refractivity contribution < 1.29 is 13.2 Å². The third-order valence-corrected chi connectivity index (χ3v) is 4.00. The third-order valence-electron chi connectivity index (χ3n) is 3.08. The summed E-state index contributed by atoms with van der Waals surface area (Å²) in [5, 5.41) is 8.03. The molecular formula is C15H17N3O3S. The van der Waals surface area contributed by atoms with Crippen LogP contribution >= 0.6 is 0 Å². The fourth-order valence-corrected chi connectivity index (χ4v) is 2.45. The Balaban J connectivity index is 1.90. The highest BCUT2D eigenvalue weighted by molar-refractivity contribution is 7.89. The van der Waals surface area contributed by atoms with Crippen LogP contribution in [0.5, 0.6) is 0 Å². The molecule has 22 heavy (non-hydrogen) atoms. The topological polar surface area (TPSA) is 115 Å². The van der Waals surface area contributed by atoms with Gasteiger partial charge < -0.3 is 11.1 Å². The molecule has 0 radical (unpaired) electrons. The lowest BCUT2D eigenvalue weighted by Gasteiger charge is -2.06. The van der Waals surface area contributed by atoms with E-state index < -0.39 is 10.0 Å². The lowest BCUT2D eigenvalue weighted by atomic mass is 10.1. The van der Waals surface area contributed by atoms with Gasteiger partial charge in [-0.2, -0.15) is 0 Å². The Morgan fingerprint density at radius 3 is 2.36 bits per heavy atom. The van der Waals surface area contributed by atoms with Crippen LogP contribution in [0.3, 0.4) is 0 Å². The molecule has 6 nitrogen and oxygen atoms in total. The number of nitrogens with two attached hydrogens (primary N) is 2. The molecule has 7 heteroatoms. The zero-order valence-electron chi connectivity index (χ0n) is 11.8. The normalized spacial score (nSPS) is 11.3. The number of benzene rings is 2. The maximum atomic E-state index is 12.0. The maximum absolute atomic E-state index is 12.0. The zero-order valence-corrected chi connectivity index (χ0v) is 12.6. The molecule has 0 aliphatic carbocycles. The average Bonchev–Trinajstić information content (AvgIpc) is 2.47. The van der Waals surface area contributed by atoms with Gasteiger partial charge in [-0.25, -0.2) is 13.6 Å². The number of primary sulfonamides is 1. The van der Waals surface area contributed by atoms with E-state index >= 15 is 0 Å². The summed E-state index contributed by atoms with van der Waals surface area (Å²) in [5.41, 5.74) is 7.59. The molecule has 0 atom stereocenters. The van der Waals surface area contributed by atoms with Crippen molar-refractivity contribution in [1.82, 2.24) is 5.32 Å². The van der Waals surface area contributed by atoms with Crippen molar-refractivity contribution in [1.29, 1.82) is 0 Å². The second kappa shape index (κ2) is 6.69. The van der Waals surface area contributed by atoms with Gasteiger partial charge in [-0.05, 0) is 29.8 Å². The second-order valence-electron chi connectivity index (χ2n) is 4.84. The van der Waals surface area contributed by atoms with Crippen molar-refractivity contribution in [2.45, 2.75) is 11.4 Å². The van der Waals surface area contributed by atoms with Gasteiger partial charge in [-0.3, -0.25) is 4.79 Å². The summed E-state index contributed by atoms with van der Waals surface area (Å²) in [6.45, 7) is 0.610. The monoisotopic (exact) mass is 319 g/mol. The first-order valence-corrected chi connectivity index (χ1v) is 8.12. The molecule has 0 aliphatic heterocycles. The highest BCUT2D eigenvalue weighted by atomic mass is 32.2. The standard InChI is InChI=1S/C15H17N3O3S/c16-13-3-1-2-12(8-13)15(19)10-18-9-11-4-6-14(7-5-11)22(17,20)21/h1-8,18H,9-10,16H2,(H2,17,20,21). The predicted octanol–water partition coefficient (Wildman–Crippen LogP) is 0.889. The van der Waals surface area contributed by atoms with Gasteiger partial charge in [0.25, 0.3) is 0 Å². The van der Waals surface area contributed by atoms with Crippen molar-refractivity contribution in [3.8, 4) is 0 Å². The van der Waals surface area contributed by atoms with Crippen LogP contribution in [0.4, 0.5) is 5.69 Å². The minimum absolute atomic E-state index is 0.0616. The highest BCUT2D eigenvalue weighted by Crippen LogP contribution is 2.09. The van der Waals surface area contributed by atoms with Gasteiger partial charge in [0, 0.05) is 17.8 Å². The molecule has 0 aliphatic rings. The number of Topliss-reactive ketones (excluding diaryl/α,β-unsaturated/α-hetero) is 1. The van der Waals surface area contributed by atoms with E-state index in [2.05, 4.69) is 5.32 Å². The summed E-state index contributed by atoms with van der Waals surface area (Å²) in [7, 11) is -3.68. The van der Waals surface area contributed by atoms with E-state index in [1.165, 1.54) is 12.1 Å². The Morgan fingerprint density at radius 1 is 1.09 bits per heavy atom. The van der Waals surface area contributed by atoms with Crippen LogP contribution in [0.1, 0.15) is 15.9 Å². The number of carbonyl (C=O) groups is 1. The number of sulfonamides is 1. The zero-order chi connectivity index (χ0) is 16.2. The molecule has 0 saturated heterocycles. The molecule has 0 saturated carbocycles. The number of carbonyl (C=O) groups excluding carboxylic acids is 1. The minimum Gasteiger partial charge on any atom is -0.399 e. The quantitative estimate of drug-likeness (QED) is 0.540. The predicted molar refractivity (Wildman–Crippen MR) is 84.7 cm³/mol. The van der Waals surface area contributed by atoms with E-state index in [0.717, 1.165) is 5.56 Å². The molecule has 0 aromatic heterocycles. The smallest absolute Gasteiger partial charge is 0.238 e. The maximum Gasteiger partial charge on any atom is 0.238 e. The summed E-state index contributed by atoms with van der Waals surface area (Å²) in [6, 6.07) is 13.0. The lowest BCUT2D eigenvalue weighted by Crippen LogP contribution is -2.22. The highest BCUT2D eigenvalue weighted by Gasteiger charge is 2.08. The van der Waals surface area contributed by atoms with Crippen LogP contribution in [0.15, 0.2) is 53.4 Å². The van der Waals surface area contributed by atoms with E-state index in [1.54, 1.807) is 36.4 Å². The number of hydrogen-bond acceptors (Lipinski definition) is 5. The van der Waals surface area contributed by atoms with E-state index in [0.29, 0.717) is 17.8 Å². The van der Waals surface area contributed by atoms with Crippen LogP contribution in [0, 0.1) is 0 Å². The lowest BCUT2D eigenvalue weighted by molar-refractivity contribution is 0.0991. The SMILES string of the molecule is Nc1cccc(C(=O)CNCc2ccc(S(N)(=O)=O)cc2)c1. The molecule has 0 heterocycles. The van der Waals surface area contributed by atoms with Crippen LogP contribution in [-0.2, 0) is 16.6 Å². The molecule has 116 valence electrons. The van der Waals surface area contributed by atoms with Gasteiger partial charge in [0.2, 0.25) is 10.0 Å². The number of ketones is 1. The van der Waals surface area contributed by atoms with Gasteiger partial charge in [0.1, 0.15) is 0 Å². The largest absolute Gasteiger partial charge is 0.399 e. The first kappa shape index (κ1) is 16.2. The van der Waals surface area contributed by atoms with E-state index in [4.69, 9.17) is 10.9 Å². The Labute approximate surface area is 129 Å². The van der Waals surface area contributed by atoms with Gasteiger partial charge in [-0.1, -0.05) is 24.3 Å². The van der Waals surface area contributed by atoms with E-state index in [9.17, 15) is 13.2 Å². The Morgan fingerprint density at radius 2 is 1.77 bits per heavy atom. The van der Waals surface area contributed by atoms with Crippen LogP contribution < -0.4 is 16.2 Å². The first-order valence-electron chi connectivity index (χ1n) is 6.57. The molecule has 2 rings (SSSR count). The Bertz CT molecular complexity index is 771. The summed E-state index contributed by atoms with van der Waals surface area (Å²) in [5.74, 6) is -0.0616. The van der Waals surface area contributed by atoms with Gasteiger partial charge >= 0.3 is 0 Å². The minimum atomic E-state index is -3.68. The van der Waals surface area contributed by atoms with Crippen molar-refractivity contribution in [2.24, 2.45) is 5.14 Å². The first-order chi connectivity index (χ1) is 10.4. The fraction of sp³-hybridized carbons (Fsp3) is 0.133. The van der Waals surface area contributed by atoms with Crippen molar-refractivity contribution in [2.75, 3.05) is 12.3 Å². The fourth-order valence-electron chi connectivity index (χ4n) is 1.93. The summed E-state index contributed by atoms with van der Waals surface area (Å²) in [6.07, 6.45) is 0. The van der Waals surface area contributed by atoms with Gasteiger partial charge in [-0.15, -0.1) is 0 Å². The van der Waals surface area contributed by atoms with E-state index in [1.807, 2.05) is 0 Å². The Hall–Kier alpha value is -2.22. The van der Waals surface area contributed by atoms with Crippen molar-refractivity contribution in [3.05, 3.63) is 59.7 Å². The van der Waals surface area contributed by atoms with Gasteiger partial charge in [0.15, 0.2) is 5.78 Å². The number of anilines is 1. The van der Waals surface area contributed by atoms with E-state index in [-0.39, 0.29) is 17.2 Å². The van der Waals surface area contributed by atoms with Crippen LogP contribution in [-0.4, -0.2) is 20.7 Å². The third kappa shape index (κ3) is 4.39. The number of nitrogen functional groups attached to an aromatic ring is 1. The molecule has 0 unspecified atom stereocenters. The summed E-state index contributed by atoms with van der Waals surface area (Å²) >= 11 is 0. The number of rotatable bonds is 6. The second-order valence-corrected chi connectivity index (χ2v) is 6.40. The molecular weight excluding hydrogens is 302 g/mol. The molecule has 2 aromatic carbocycles. The van der Waals surface area contributed by atoms with Crippen LogP contribution in [0.2, 0.25) is 0 Å². The molecule has 0 spiro atoms. The van der Waals surface area contributed by atoms with Crippen molar-refractivity contribution in [3.63, 3.8) is 0 Å². The van der Waals surface area contributed by atoms with Crippen molar-refractivity contribution >= 4 is 21.5 Å². The number of hydrogen-bond donors (Lipinski definition) is 3. The molecule has 5 N–H and O–H groups in total. The summed E-state index contributed by atoms with van der Waals surface area (Å²) < 4.78 is 22.3.